The Morgan fingerprint density at radius 1 is 0.955 bits per heavy atom. The van der Waals surface area contributed by atoms with Crippen molar-refractivity contribution in [2.45, 2.75) is 13.1 Å². The van der Waals surface area contributed by atoms with E-state index >= 15 is 0 Å². The Bertz CT molecular complexity index is 825. The second-order valence-corrected chi connectivity index (χ2v) is 5.03. The van der Waals surface area contributed by atoms with Crippen LogP contribution in [0.15, 0.2) is 54.7 Å². The van der Waals surface area contributed by atoms with Gasteiger partial charge in [0.1, 0.15) is 5.82 Å². The highest BCUT2D eigenvalue weighted by Crippen LogP contribution is 2.32. The molecule has 0 amide bonds. The van der Waals surface area contributed by atoms with Crippen molar-refractivity contribution >= 4 is 22.3 Å². The summed E-state index contributed by atoms with van der Waals surface area (Å²) < 4.78 is 38.3. The van der Waals surface area contributed by atoms with Crippen LogP contribution in [0, 0.1) is 6.92 Å². The second-order valence-electron chi connectivity index (χ2n) is 5.03. The molecule has 0 bridgehead atoms. The average Bonchev–Trinajstić information content (AvgIpc) is 2.48. The van der Waals surface area contributed by atoms with Crippen LogP contribution in [0.3, 0.4) is 0 Å². The fourth-order valence-electron chi connectivity index (χ4n) is 2.37. The van der Waals surface area contributed by atoms with Gasteiger partial charge >= 0.3 is 6.18 Å². The number of nitrogens with zero attached hydrogens (tertiary/aromatic N) is 1. The van der Waals surface area contributed by atoms with Gasteiger partial charge in [-0.2, -0.15) is 13.2 Å². The van der Waals surface area contributed by atoms with E-state index in [-0.39, 0.29) is 0 Å². The molecular formula is C17H13F3N2. The molecule has 3 rings (SSSR count). The van der Waals surface area contributed by atoms with E-state index in [2.05, 4.69) is 10.3 Å². The molecule has 0 spiro atoms. The summed E-state index contributed by atoms with van der Waals surface area (Å²) in [6.07, 6.45) is -2.72. The van der Waals surface area contributed by atoms with Gasteiger partial charge in [-0.1, -0.05) is 24.3 Å². The summed E-state index contributed by atoms with van der Waals surface area (Å²) >= 11 is 0. The number of pyridine rings is 1. The largest absolute Gasteiger partial charge is 0.416 e. The number of alkyl halides is 3. The molecule has 112 valence electrons. The zero-order valence-electron chi connectivity index (χ0n) is 11.8. The SMILES string of the molecule is Cc1cccc2c(Nc3cccc(C(F)(F)F)c3)nccc12. The van der Waals surface area contributed by atoms with E-state index in [4.69, 9.17) is 0 Å². The molecule has 0 unspecified atom stereocenters. The van der Waals surface area contributed by atoms with Crippen LogP contribution in [0.5, 0.6) is 0 Å². The Morgan fingerprint density at radius 2 is 1.73 bits per heavy atom. The van der Waals surface area contributed by atoms with Crippen LogP contribution < -0.4 is 5.32 Å². The minimum Gasteiger partial charge on any atom is -0.340 e. The molecule has 2 nitrogen and oxygen atoms in total. The van der Waals surface area contributed by atoms with Gasteiger partial charge in [0.2, 0.25) is 0 Å². The van der Waals surface area contributed by atoms with Crippen molar-refractivity contribution in [2.75, 3.05) is 5.32 Å². The van der Waals surface area contributed by atoms with Crippen molar-refractivity contribution in [2.24, 2.45) is 0 Å². The third-order valence-corrected chi connectivity index (χ3v) is 3.48. The molecule has 0 aliphatic carbocycles. The highest BCUT2D eigenvalue weighted by molar-refractivity contribution is 5.95. The van der Waals surface area contributed by atoms with Crippen LogP contribution in [0.2, 0.25) is 0 Å². The van der Waals surface area contributed by atoms with Crippen molar-refractivity contribution in [1.29, 1.82) is 0 Å². The number of aryl methyl sites for hydroxylation is 1. The van der Waals surface area contributed by atoms with E-state index in [0.29, 0.717) is 11.5 Å². The smallest absolute Gasteiger partial charge is 0.340 e. The van der Waals surface area contributed by atoms with Crippen LogP contribution >= 0.6 is 0 Å². The number of hydrogen-bond donors (Lipinski definition) is 1. The van der Waals surface area contributed by atoms with E-state index in [9.17, 15) is 13.2 Å². The zero-order valence-corrected chi connectivity index (χ0v) is 11.8. The third-order valence-electron chi connectivity index (χ3n) is 3.48. The fourth-order valence-corrected chi connectivity index (χ4v) is 2.37. The van der Waals surface area contributed by atoms with Crippen LogP contribution in [0.4, 0.5) is 24.7 Å². The van der Waals surface area contributed by atoms with Gasteiger partial charge in [0, 0.05) is 17.3 Å². The maximum atomic E-state index is 12.8. The van der Waals surface area contributed by atoms with E-state index in [1.54, 1.807) is 12.3 Å². The van der Waals surface area contributed by atoms with Crippen LogP contribution in [0.25, 0.3) is 10.8 Å². The molecule has 0 atom stereocenters. The maximum absolute atomic E-state index is 12.8. The van der Waals surface area contributed by atoms with Crippen molar-refractivity contribution in [3.05, 3.63) is 65.9 Å². The quantitative estimate of drug-likeness (QED) is 0.694. The van der Waals surface area contributed by atoms with Gasteiger partial charge in [-0.15, -0.1) is 0 Å². The zero-order chi connectivity index (χ0) is 15.7. The van der Waals surface area contributed by atoms with Gasteiger partial charge in [-0.3, -0.25) is 0 Å². The summed E-state index contributed by atoms with van der Waals surface area (Å²) in [6.45, 7) is 1.98. The summed E-state index contributed by atoms with van der Waals surface area (Å²) in [7, 11) is 0. The first-order chi connectivity index (χ1) is 10.4. The van der Waals surface area contributed by atoms with Crippen molar-refractivity contribution in [3.63, 3.8) is 0 Å². The van der Waals surface area contributed by atoms with E-state index < -0.39 is 11.7 Å². The number of anilines is 2. The molecule has 2 aromatic carbocycles. The Morgan fingerprint density at radius 3 is 2.50 bits per heavy atom. The summed E-state index contributed by atoms with van der Waals surface area (Å²) in [5, 5.41) is 4.87. The molecule has 3 aromatic rings. The lowest BCUT2D eigenvalue weighted by Gasteiger charge is -2.12. The summed E-state index contributed by atoms with van der Waals surface area (Å²) in [5.41, 5.74) is 0.761. The molecule has 1 aromatic heterocycles. The maximum Gasteiger partial charge on any atom is 0.416 e. The van der Waals surface area contributed by atoms with Gasteiger partial charge in [0.25, 0.3) is 0 Å². The first-order valence-electron chi connectivity index (χ1n) is 6.74. The molecule has 0 radical (unpaired) electrons. The molecule has 0 aliphatic heterocycles. The number of rotatable bonds is 2. The van der Waals surface area contributed by atoms with Crippen LogP contribution in [-0.4, -0.2) is 4.98 Å². The summed E-state index contributed by atoms with van der Waals surface area (Å²) in [6, 6.07) is 12.8. The molecule has 1 N–H and O–H groups in total. The predicted octanol–water partition coefficient (Wildman–Crippen LogP) is 5.31. The van der Waals surface area contributed by atoms with Crippen LogP contribution in [-0.2, 0) is 6.18 Å². The Labute approximate surface area is 125 Å². The van der Waals surface area contributed by atoms with Crippen molar-refractivity contribution in [1.82, 2.24) is 4.98 Å². The van der Waals surface area contributed by atoms with Gasteiger partial charge < -0.3 is 5.32 Å². The van der Waals surface area contributed by atoms with Gasteiger partial charge in [0.15, 0.2) is 0 Å². The van der Waals surface area contributed by atoms with E-state index in [0.717, 1.165) is 28.5 Å². The number of fused-ring (bicyclic) bond motifs is 1. The molecule has 22 heavy (non-hydrogen) atoms. The predicted molar refractivity (Wildman–Crippen MR) is 81.2 cm³/mol. The number of nitrogens with one attached hydrogen (secondary N) is 1. The normalized spacial score (nSPS) is 11.6. The molecular weight excluding hydrogens is 289 g/mol. The molecule has 1 heterocycles. The van der Waals surface area contributed by atoms with E-state index in [1.165, 1.54) is 6.07 Å². The average molecular weight is 302 g/mol. The fraction of sp³-hybridized carbons (Fsp3) is 0.118. The second kappa shape index (κ2) is 5.33. The van der Waals surface area contributed by atoms with Gasteiger partial charge in [0.05, 0.1) is 5.56 Å². The molecule has 0 saturated carbocycles. The summed E-state index contributed by atoms with van der Waals surface area (Å²) in [4.78, 5) is 4.24. The lowest BCUT2D eigenvalue weighted by atomic mass is 10.1. The van der Waals surface area contributed by atoms with Crippen molar-refractivity contribution < 1.29 is 13.2 Å². The van der Waals surface area contributed by atoms with Crippen molar-refractivity contribution in [3.8, 4) is 0 Å². The Balaban J connectivity index is 2.02. The molecule has 0 saturated heterocycles. The molecule has 5 heteroatoms. The standard InChI is InChI=1S/C17H13F3N2/c1-11-4-2-7-15-14(11)8-9-21-16(15)22-13-6-3-5-12(10-13)17(18,19)20/h2-10H,1H3,(H,21,22). The Hall–Kier alpha value is -2.56. The lowest BCUT2D eigenvalue weighted by Crippen LogP contribution is -2.05. The number of hydrogen-bond acceptors (Lipinski definition) is 2. The first kappa shape index (κ1) is 14.4. The monoisotopic (exact) mass is 302 g/mol. The highest BCUT2D eigenvalue weighted by Gasteiger charge is 2.30. The number of benzene rings is 2. The lowest BCUT2D eigenvalue weighted by molar-refractivity contribution is -0.137. The topological polar surface area (TPSA) is 24.9 Å². The minimum atomic E-state index is -4.36. The minimum absolute atomic E-state index is 0.358. The van der Waals surface area contributed by atoms with Gasteiger partial charge in [-0.05, 0) is 42.1 Å². The highest BCUT2D eigenvalue weighted by atomic mass is 19.4. The number of halogens is 3. The summed E-state index contributed by atoms with van der Waals surface area (Å²) in [5.74, 6) is 0.542. The van der Waals surface area contributed by atoms with E-state index in [1.807, 2.05) is 31.2 Å². The molecule has 0 fully saturated rings. The Kier molecular flexibility index (Phi) is 3.48. The number of aromatic nitrogens is 1. The molecule has 0 aliphatic rings. The van der Waals surface area contributed by atoms with Gasteiger partial charge in [-0.25, -0.2) is 4.98 Å². The first-order valence-corrected chi connectivity index (χ1v) is 6.74. The van der Waals surface area contributed by atoms with Crippen LogP contribution in [0.1, 0.15) is 11.1 Å². The third kappa shape index (κ3) is 2.74.